The number of nitrogens with two attached hydrogens (primary N) is 1. The normalized spacial score (nSPS) is 26.9. The molecule has 26 heavy (non-hydrogen) atoms. The monoisotopic (exact) mass is 367 g/mol. The maximum absolute atomic E-state index is 13.0. The van der Waals surface area contributed by atoms with Gasteiger partial charge in [0.05, 0.1) is 10.3 Å². The highest BCUT2D eigenvalue weighted by Crippen LogP contribution is 2.40. The molecule has 0 spiro atoms. The molecule has 4 nitrogen and oxygen atoms in total. The lowest BCUT2D eigenvalue weighted by Gasteiger charge is -2.34. The largest absolute Gasteiger partial charge is 0.323 e. The van der Waals surface area contributed by atoms with Gasteiger partial charge in [0.2, 0.25) is 0 Å². The fourth-order valence-corrected chi connectivity index (χ4v) is 4.67. The molecule has 1 saturated heterocycles. The van der Waals surface area contributed by atoms with E-state index in [0.717, 1.165) is 22.6 Å². The molecule has 2 N–H and O–H groups in total. The Labute approximate surface area is 158 Å². The zero-order valence-electron chi connectivity index (χ0n) is 15.5. The average molecular weight is 368 g/mol. The van der Waals surface area contributed by atoms with Crippen LogP contribution in [0.25, 0.3) is 0 Å². The Kier molecular flexibility index (Phi) is 5.29. The Bertz CT molecular complexity index is 856. The number of aryl methyl sites for hydroxylation is 1. The lowest BCUT2D eigenvalue weighted by Crippen LogP contribution is -2.52. The van der Waals surface area contributed by atoms with Crippen LogP contribution in [-0.2, 0) is 11.0 Å². The second-order valence-electron chi connectivity index (χ2n) is 7.17. The molecular weight excluding hydrogens is 342 g/mol. The Morgan fingerprint density at radius 3 is 2.58 bits per heavy atom. The molecule has 0 saturated carbocycles. The van der Waals surface area contributed by atoms with Crippen molar-refractivity contribution in [1.82, 2.24) is 9.29 Å². The molecule has 3 unspecified atom stereocenters. The van der Waals surface area contributed by atoms with Crippen molar-refractivity contribution in [2.75, 3.05) is 13.1 Å². The highest BCUT2D eigenvalue weighted by atomic mass is 32.2. The summed E-state index contributed by atoms with van der Waals surface area (Å²) < 4.78 is 15.0. The van der Waals surface area contributed by atoms with Gasteiger partial charge >= 0.3 is 0 Å². The van der Waals surface area contributed by atoms with Gasteiger partial charge in [0, 0.05) is 24.8 Å². The van der Waals surface area contributed by atoms with Gasteiger partial charge in [0.25, 0.3) is 0 Å². The average Bonchev–Trinajstić information content (AvgIpc) is 2.93. The molecule has 2 aromatic rings. The maximum Gasteiger partial charge on any atom is 0.127 e. The summed E-state index contributed by atoms with van der Waals surface area (Å²) in [6, 6.07) is 13.5. The Morgan fingerprint density at radius 1 is 1.23 bits per heavy atom. The molecule has 3 atom stereocenters. The summed E-state index contributed by atoms with van der Waals surface area (Å²) in [5.41, 5.74) is 7.63. The Hall–Kier alpha value is -2.00. The summed E-state index contributed by atoms with van der Waals surface area (Å²) in [6.45, 7) is 7.28. The topological polar surface area (TPSA) is 59.2 Å². The minimum absolute atomic E-state index is 0.459. The summed E-state index contributed by atoms with van der Waals surface area (Å²) >= 11 is 0. The summed E-state index contributed by atoms with van der Waals surface area (Å²) in [6.07, 6.45) is 2.50. The first-order chi connectivity index (χ1) is 12.4. The molecule has 0 aliphatic carbocycles. The molecule has 0 amide bonds. The van der Waals surface area contributed by atoms with Crippen molar-refractivity contribution in [3.8, 4) is 11.8 Å². The zero-order chi connectivity index (χ0) is 18.8. The molecule has 1 aromatic heterocycles. The van der Waals surface area contributed by atoms with Gasteiger partial charge in [-0.3, -0.25) is 0 Å². The summed E-state index contributed by atoms with van der Waals surface area (Å²) in [5, 5.41) is 0. The highest BCUT2D eigenvalue weighted by Gasteiger charge is 2.52. The Morgan fingerprint density at radius 2 is 1.96 bits per heavy atom. The molecule has 3 rings (SSSR count). The Balaban J connectivity index is 1.88. The third-order valence-electron chi connectivity index (χ3n) is 5.27. The van der Waals surface area contributed by atoms with Crippen molar-refractivity contribution in [2.45, 2.75) is 37.6 Å². The van der Waals surface area contributed by atoms with E-state index < -0.39 is 21.9 Å². The standard InChI is InChI=1S/C21H25N3OS/c1-4-21(22)16-24(26(25)19-10-8-17(2)9-11-19)15-20(21,3)13-12-18-7-5-6-14-23-18/h5-11,14H,4,15-16,22H2,1-3H3. The van der Waals surface area contributed by atoms with E-state index >= 15 is 0 Å². The summed E-state index contributed by atoms with van der Waals surface area (Å²) in [7, 11) is -1.24. The van der Waals surface area contributed by atoms with Crippen molar-refractivity contribution in [2.24, 2.45) is 11.1 Å². The van der Waals surface area contributed by atoms with Crippen LogP contribution in [0.4, 0.5) is 0 Å². The van der Waals surface area contributed by atoms with Gasteiger partial charge < -0.3 is 5.73 Å². The van der Waals surface area contributed by atoms with Crippen LogP contribution in [0.2, 0.25) is 0 Å². The number of benzene rings is 1. The van der Waals surface area contributed by atoms with E-state index in [1.807, 2.05) is 53.7 Å². The number of hydrogen-bond donors (Lipinski definition) is 1. The van der Waals surface area contributed by atoms with E-state index in [1.165, 1.54) is 0 Å². The van der Waals surface area contributed by atoms with Crippen molar-refractivity contribution in [3.63, 3.8) is 0 Å². The smallest absolute Gasteiger partial charge is 0.127 e. The van der Waals surface area contributed by atoms with E-state index in [1.54, 1.807) is 6.20 Å². The van der Waals surface area contributed by atoms with Crippen molar-refractivity contribution in [1.29, 1.82) is 0 Å². The minimum Gasteiger partial charge on any atom is -0.323 e. The molecule has 5 heteroatoms. The third-order valence-corrected chi connectivity index (χ3v) is 6.67. The number of nitrogens with zero attached hydrogens (tertiary/aromatic N) is 2. The van der Waals surface area contributed by atoms with E-state index in [9.17, 15) is 4.21 Å². The second kappa shape index (κ2) is 7.32. The maximum atomic E-state index is 13.0. The van der Waals surface area contributed by atoms with Crippen molar-refractivity contribution < 1.29 is 4.21 Å². The lowest BCUT2D eigenvalue weighted by molar-refractivity contribution is 0.279. The van der Waals surface area contributed by atoms with Crippen LogP contribution < -0.4 is 5.73 Å². The molecule has 136 valence electrons. The van der Waals surface area contributed by atoms with Crippen LogP contribution in [0.15, 0.2) is 53.6 Å². The fourth-order valence-electron chi connectivity index (χ4n) is 3.28. The van der Waals surface area contributed by atoms with Gasteiger partial charge in [-0.15, -0.1) is 0 Å². The molecular formula is C21H25N3OS. The number of hydrogen-bond acceptors (Lipinski definition) is 3. The molecule has 1 aromatic carbocycles. The summed E-state index contributed by atoms with van der Waals surface area (Å²) in [5.74, 6) is 6.50. The highest BCUT2D eigenvalue weighted by molar-refractivity contribution is 7.82. The number of aromatic nitrogens is 1. The van der Waals surface area contributed by atoms with Gasteiger partial charge in [-0.25, -0.2) is 13.5 Å². The first-order valence-electron chi connectivity index (χ1n) is 8.83. The van der Waals surface area contributed by atoms with Crippen LogP contribution in [0.1, 0.15) is 31.5 Å². The van der Waals surface area contributed by atoms with Crippen LogP contribution in [0.5, 0.6) is 0 Å². The molecule has 0 radical (unpaired) electrons. The second-order valence-corrected chi connectivity index (χ2v) is 8.65. The first kappa shape index (κ1) is 18.8. The summed E-state index contributed by atoms with van der Waals surface area (Å²) in [4.78, 5) is 5.07. The van der Waals surface area contributed by atoms with Gasteiger partial charge in [0.15, 0.2) is 0 Å². The predicted octanol–water partition coefficient (Wildman–Crippen LogP) is 2.89. The SMILES string of the molecule is CCC1(N)CN(S(=O)c2ccc(C)cc2)CC1(C)C#Cc1ccccn1. The van der Waals surface area contributed by atoms with Gasteiger partial charge in [0.1, 0.15) is 16.7 Å². The number of pyridine rings is 1. The number of rotatable bonds is 3. The molecule has 2 heterocycles. The van der Waals surface area contributed by atoms with E-state index in [2.05, 4.69) is 30.7 Å². The minimum atomic E-state index is -1.24. The molecule has 1 fully saturated rings. The van der Waals surface area contributed by atoms with Crippen LogP contribution in [0.3, 0.4) is 0 Å². The van der Waals surface area contributed by atoms with E-state index in [4.69, 9.17) is 5.73 Å². The van der Waals surface area contributed by atoms with E-state index in [0.29, 0.717) is 13.1 Å². The zero-order valence-corrected chi connectivity index (χ0v) is 16.3. The quantitative estimate of drug-likeness (QED) is 0.849. The molecule has 1 aliphatic heterocycles. The van der Waals surface area contributed by atoms with Crippen molar-refractivity contribution in [3.05, 3.63) is 59.9 Å². The third kappa shape index (κ3) is 3.59. The van der Waals surface area contributed by atoms with Gasteiger partial charge in [-0.05, 0) is 50.5 Å². The predicted molar refractivity (Wildman–Crippen MR) is 106 cm³/mol. The van der Waals surface area contributed by atoms with Crippen LogP contribution >= 0.6 is 0 Å². The van der Waals surface area contributed by atoms with Gasteiger partial charge in [-0.2, -0.15) is 0 Å². The van der Waals surface area contributed by atoms with E-state index in [-0.39, 0.29) is 0 Å². The first-order valence-corrected chi connectivity index (χ1v) is 9.94. The van der Waals surface area contributed by atoms with Gasteiger partial charge in [-0.1, -0.05) is 36.6 Å². The molecule has 0 bridgehead atoms. The molecule has 1 aliphatic rings. The van der Waals surface area contributed by atoms with Crippen molar-refractivity contribution >= 4 is 11.0 Å². The fraction of sp³-hybridized carbons (Fsp3) is 0.381. The van der Waals surface area contributed by atoms with Crippen LogP contribution in [-0.4, -0.2) is 32.1 Å². The lowest BCUT2D eigenvalue weighted by atomic mass is 9.73. The van der Waals surface area contributed by atoms with Crippen LogP contribution in [0, 0.1) is 24.2 Å².